The van der Waals surface area contributed by atoms with E-state index in [2.05, 4.69) is 15.0 Å². The predicted molar refractivity (Wildman–Crippen MR) is 77.9 cm³/mol. The first-order chi connectivity index (χ1) is 10.4. The lowest BCUT2D eigenvalue weighted by atomic mass is 10.0. The Hall–Kier alpha value is -2.44. The highest BCUT2D eigenvalue weighted by atomic mass is 16.5. The zero-order valence-electron chi connectivity index (χ0n) is 12.9. The van der Waals surface area contributed by atoms with Crippen molar-refractivity contribution in [3.63, 3.8) is 0 Å². The molecule has 0 radical (unpaired) electrons. The van der Waals surface area contributed by atoms with Crippen LogP contribution in [-0.2, 0) is 19.1 Å². The SMILES string of the molecule is COC(=O)[C@@H](CC(C)C)NC(=O)COC(=O)c1ccccn1. The van der Waals surface area contributed by atoms with E-state index in [4.69, 9.17) is 4.74 Å². The van der Waals surface area contributed by atoms with Crippen LogP contribution in [0.15, 0.2) is 24.4 Å². The van der Waals surface area contributed by atoms with Gasteiger partial charge in [-0.1, -0.05) is 19.9 Å². The standard InChI is InChI=1S/C15H20N2O5/c1-10(2)8-12(14(19)21-3)17-13(18)9-22-15(20)11-6-4-5-7-16-11/h4-7,10,12H,8-9H2,1-3H3,(H,17,18)/t12-/m1/s1. The van der Waals surface area contributed by atoms with Crippen LogP contribution in [0.4, 0.5) is 0 Å². The van der Waals surface area contributed by atoms with E-state index in [0.717, 1.165) is 0 Å². The molecule has 1 aromatic rings. The summed E-state index contributed by atoms with van der Waals surface area (Å²) in [5.74, 6) is -1.60. The molecule has 1 atom stereocenters. The number of amides is 1. The number of aromatic nitrogens is 1. The molecule has 0 spiro atoms. The summed E-state index contributed by atoms with van der Waals surface area (Å²) in [6.07, 6.45) is 1.89. The first kappa shape index (κ1) is 17.6. The van der Waals surface area contributed by atoms with Gasteiger partial charge in [0.15, 0.2) is 6.61 Å². The largest absolute Gasteiger partial charge is 0.467 e. The fraction of sp³-hybridized carbons (Fsp3) is 0.467. The van der Waals surface area contributed by atoms with E-state index in [1.54, 1.807) is 12.1 Å². The maximum Gasteiger partial charge on any atom is 0.357 e. The molecule has 0 saturated heterocycles. The molecular formula is C15H20N2O5. The highest BCUT2D eigenvalue weighted by Crippen LogP contribution is 2.06. The van der Waals surface area contributed by atoms with Crippen molar-refractivity contribution >= 4 is 17.8 Å². The Morgan fingerprint density at radius 3 is 2.55 bits per heavy atom. The normalized spacial score (nSPS) is 11.6. The van der Waals surface area contributed by atoms with Crippen LogP contribution in [0.2, 0.25) is 0 Å². The molecule has 0 bridgehead atoms. The van der Waals surface area contributed by atoms with Crippen molar-refractivity contribution in [3.8, 4) is 0 Å². The van der Waals surface area contributed by atoms with E-state index in [1.807, 2.05) is 13.8 Å². The summed E-state index contributed by atoms with van der Waals surface area (Å²) < 4.78 is 9.48. The molecule has 0 aliphatic carbocycles. The lowest BCUT2D eigenvalue weighted by molar-refractivity contribution is -0.145. The van der Waals surface area contributed by atoms with Crippen molar-refractivity contribution in [2.75, 3.05) is 13.7 Å². The molecule has 1 N–H and O–H groups in total. The number of carbonyl (C=O) groups excluding carboxylic acids is 3. The minimum atomic E-state index is -0.758. The van der Waals surface area contributed by atoms with Crippen LogP contribution in [0.5, 0.6) is 0 Å². The zero-order valence-corrected chi connectivity index (χ0v) is 12.9. The van der Waals surface area contributed by atoms with Gasteiger partial charge >= 0.3 is 11.9 Å². The molecule has 1 amide bonds. The molecule has 0 aliphatic rings. The number of nitrogens with zero attached hydrogens (tertiary/aromatic N) is 1. The van der Waals surface area contributed by atoms with Gasteiger partial charge in [-0.05, 0) is 24.5 Å². The van der Waals surface area contributed by atoms with Crippen molar-refractivity contribution in [3.05, 3.63) is 30.1 Å². The molecule has 1 heterocycles. The van der Waals surface area contributed by atoms with E-state index < -0.39 is 30.5 Å². The van der Waals surface area contributed by atoms with Gasteiger partial charge in [-0.25, -0.2) is 14.6 Å². The average Bonchev–Trinajstić information content (AvgIpc) is 2.51. The molecule has 7 nitrogen and oxygen atoms in total. The topological polar surface area (TPSA) is 94.6 Å². The summed E-state index contributed by atoms with van der Waals surface area (Å²) in [6.45, 7) is 3.35. The first-order valence-electron chi connectivity index (χ1n) is 6.89. The molecule has 1 aromatic heterocycles. The second kappa shape index (κ2) is 8.76. The maximum absolute atomic E-state index is 11.8. The summed E-state index contributed by atoms with van der Waals surface area (Å²) in [5.41, 5.74) is 0.113. The number of carbonyl (C=O) groups is 3. The molecule has 0 aliphatic heterocycles. The Morgan fingerprint density at radius 1 is 1.27 bits per heavy atom. The Balaban J connectivity index is 2.50. The van der Waals surface area contributed by atoms with E-state index in [-0.39, 0.29) is 11.6 Å². The van der Waals surface area contributed by atoms with Gasteiger partial charge < -0.3 is 14.8 Å². The van der Waals surface area contributed by atoms with E-state index in [9.17, 15) is 14.4 Å². The van der Waals surface area contributed by atoms with Gasteiger partial charge in [0.25, 0.3) is 5.91 Å². The molecule has 0 aromatic carbocycles. The summed E-state index contributed by atoms with van der Waals surface area (Å²) >= 11 is 0. The quantitative estimate of drug-likeness (QED) is 0.753. The van der Waals surface area contributed by atoms with Crippen LogP contribution < -0.4 is 5.32 Å². The lowest BCUT2D eigenvalue weighted by Crippen LogP contribution is -2.44. The summed E-state index contributed by atoms with van der Waals surface area (Å²) in [7, 11) is 1.25. The van der Waals surface area contributed by atoms with Gasteiger partial charge in [0, 0.05) is 6.20 Å². The number of hydrogen-bond donors (Lipinski definition) is 1. The fourth-order valence-corrected chi connectivity index (χ4v) is 1.75. The summed E-state index contributed by atoms with van der Waals surface area (Å²) in [5, 5.41) is 2.49. The van der Waals surface area contributed by atoms with Crippen LogP contribution in [0.25, 0.3) is 0 Å². The second-order valence-corrected chi connectivity index (χ2v) is 5.06. The highest BCUT2D eigenvalue weighted by molar-refractivity contribution is 5.90. The Kier molecular flexibility index (Phi) is 7.01. The van der Waals surface area contributed by atoms with E-state index >= 15 is 0 Å². The minimum Gasteiger partial charge on any atom is -0.467 e. The van der Waals surface area contributed by atoms with Crippen molar-refractivity contribution in [1.29, 1.82) is 0 Å². The predicted octanol–water partition coefficient (Wildman–Crippen LogP) is 0.942. The lowest BCUT2D eigenvalue weighted by Gasteiger charge is -2.18. The molecule has 22 heavy (non-hydrogen) atoms. The van der Waals surface area contributed by atoms with Gasteiger partial charge in [-0.3, -0.25) is 4.79 Å². The number of ether oxygens (including phenoxy) is 2. The molecule has 7 heteroatoms. The number of nitrogens with one attached hydrogen (secondary N) is 1. The van der Waals surface area contributed by atoms with Gasteiger partial charge in [-0.2, -0.15) is 0 Å². The van der Waals surface area contributed by atoms with Crippen LogP contribution >= 0.6 is 0 Å². The third-order valence-corrected chi connectivity index (χ3v) is 2.74. The number of esters is 2. The van der Waals surface area contributed by atoms with E-state index in [0.29, 0.717) is 6.42 Å². The van der Waals surface area contributed by atoms with Gasteiger partial charge in [0.1, 0.15) is 11.7 Å². The molecule has 0 unspecified atom stereocenters. The van der Waals surface area contributed by atoms with Crippen LogP contribution in [-0.4, -0.2) is 42.6 Å². The third kappa shape index (κ3) is 5.90. The average molecular weight is 308 g/mol. The minimum absolute atomic E-state index is 0.113. The maximum atomic E-state index is 11.8. The van der Waals surface area contributed by atoms with Crippen molar-refractivity contribution in [2.24, 2.45) is 5.92 Å². The molecule has 0 fully saturated rings. The Morgan fingerprint density at radius 2 is 2.00 bits per heavy atom. The molecular weight excluding hydrogens is 288 g/mol. The Labute approximate surface area is 129 Å². The monoisotopic (exact) mass is 308 g/mol. The van der Waals surface area contributed by atoms with Crippen molar-refractivity contribution < 1.29 is 23.9 Å². The number of hydrogen-bond acceptors (Lipinski definition) is 6. The molecule has 0 saturated carbocycles. The number of methoxy groups -OCH3 is 1. The van der Waals surface area contributed by atoms with Crippen LogP contribution in [0.1, 0.15) is 30.8 Å². The Bertz CT molecular complexity index is 516. The zero-order chi connectivity index (χ0) is 16.5. The van der Waals surface area contributed by atoms with Crippen LogP contribution in [0.3, 0.4) is 0 Å². The van der Waals surface area contributed by atoms with Gasteiger partial charge in [0.05, 0.1) is 7.11 Å². The summed E-state index contributed by atoms with van der Waals surface area (Å²) in [4.78, 5) is 38.8. The van der Waals surface area contributed by atoms with Gasteiger partial charge in [0.2, 0.25) is 0 Å². The van der Waals surface area contributed by atoms with Gasteiger partial charge in [-0.15, -0.1) is 0 Å². The highest BCUT2D eigenvalue weighted by Gasteiger charge is 2.23. The fourth-order valence-electron chi connectivity index (χ4n) is 1.75. The number of rotatable bonds is 7. The molecule has 120 valence electrons. The third-order valence-electron chi connectivity index (χ3n) is 2.74. The van der Waals surface area contributed by atoms with E-state index in [1.165, 1.54) is 19.4 Å². The van der Waals surface area contributed by atoms with Crippen LogP contribution in [0, 0.1) is 5.92 Å². The molecule has 1 rings (SSSR count). The summed E-state index contributed by atoms with van der Waals surface area (Å²) in [6, 6.07) is 4.03. The number of pyridine rings is 1. The first-order valence-corrected chi connectivity index (χ1v) is 6.89. The van der Waals surface area contributed by atoms with Crippen molar-refractivity contribution in [2.45, 2.75) is 26.3 Å². The van der Waals surface area contributed by atoms with Crippen molar-refractivity contribution in [1.82, 2.24) is 10.3 Å². The smallest absolute Gasteiger partial charge is 0.357 e. The second-order valence-electron chi connectivity index (χ2n) is 5.06.